The molecule has 0 radical (unpaired) electrons. The highest BCUT2D eigenvalue weighted by Crippen LogP contribution is 2.41. The number of hydrogen-bond acceptors (Lipinski definition) is 5. The Balaban J connectivity index is 2.11. The molecule has 2 aromatic rings. The fraction of sp³-hybridized carbons (Fsp3) is 0.357. The Hall–Kier alpha value is -1.89. The van der Waals surface area contributed by atoms with Crippen molar-refractivity contribution in [2.75, 3.05) is 24.8 Å². The van der Waals surface area contributed by atoms with E-state index in [1.807, 2.05) is 19.1 Å². The van der Waals surface area contributed by atoms with Crippen LogP contribution in [0.4, 0.5) is 5.82 Å². The molecule has 0 bridgehead atoms. The maximum Gasteiger partial charge on any atom is 0.175 e. The van der Waals surface area contributed by atoms with Gasteiger partial charge in [-0.3, -0.25) is 0 Å². The third kappa shape index (κ3) is 2.42. The molecule has 0 fully saturated rings. The largest absolute Gasteiger partial charge is 0.489 e. The zero-order chi connectivity index (χ0) is 15.0. The Labute approximate surface area is 131 Å². The topological polar surface area (TPSA) is 88.3 Å². The van der Waals surface area contributed by atoms with Gasteiger partial charge in [-0.1, -0.05) is 6.92 Å². The summed E-state index contributed by atoms with van der Waals surface area (Å²) in [6.45, 7) is 3.26. The number of benzene rings is 1. The lowest BCUT2D eigenvalue weighted by Crippen LogP contribution is -2.14. The van der Waals surface area contributed by atoms with E-state index < -0.39 is 0 Å². The third-order valence-electron chi connectivity index (χ3n) is 3.41. The van der Waals surface area contributed by atoms with E-state index in [2.05, 4.69) is 20.9 Å². The van der Waals surface area contributed by atoms with Crippen molar-refractivity contribution < 1.29 is 9.47 Å². The number of imidazole rings is 1. The van der Waals surface area contributed by atoms with Gasteiger partial charge in [0.25, 0.3) is 0 Å². The van der Waals surface area contributed by atoms with Gasteiger partial charge in [-0.15, -0.1) is 0 Å². The van der Waals surface area contributed by atoms with E-state index in [0.717, 1.165) is 28.0 Å². The molecule has 21 heavy (non-hydrogen) atoms. The van der Waals surface area contributed by atoms with Gasteiger partial charge in [0.15, 0.2) is 17.3 Å². The van der Waals surface area contributed by atoms with Crippen LogP contribution in [-0.2, 0) is 6.42 Å². The molecule has 1 aromatic heterocycles. The minimum Gasteiger partial charge on any atom is -0.489 e. The number of ether oxygens (including phenoxy) is 2. The summed E-state index contributed by atoms with van der Waals surface area (Å²) in [7, 11) is 0. The molecule has 112 valence electrons. The number of halogens is 1. The Bertz CT molecular complexity index is 684. The van der Waals surface area contributed by atoms with Gasteiger partial charge in [0.1, 0.15) is 11.5 Å². The maximum absolute atomic E-state index is 6.06. The van der Waals surface area contributed by atoms with Crippen molar-refractivity contribution >= 4 is 21.7 Å². The fourth-order valence-corrected chi connectivity index (χ4v) is 2.88. The molecule has 0 saturated carbocycles. The number of anilines is 1. The summed E-state index contributed by atoms with van der Waals surface area (Å²) in [6, 6.07) is 3.81. The second kappa shape index (κ2) is 5.48. The summed E-state index contributed by atoms with van der Waals surface area (Å²) < 4.78 is 13.7. The molecule has 1 aromatic carbocycles. The summed E-state index contributed by atoms with van der Waals surface area (Å²) >= 11 is 3.52. The molecule has 0 amide bonds. The van der Waals surface area contributed by atoms with E-state index in [-0.39, 0.29) is 0 Å². The van der Waals surface area contributed by atoms with E-state index in [1.165, 1.54) is 4.68 Å². The van der Waals surface area contributed by atoms with Crippen LogP contribution < -0.4 is 21.1 Å². The molecule has 7 heteroatoms. The molecule has 6 nitrogen and oxygen atoms in total. The first-order valence-corrected chi connectivity index (χ1v) is 7.62. The molecular weight excluding hydrogens is 336 g/mol. The number of hydrogen-bond donors (Lipinski definition) is 2. The molecule has 0 atom stereocenters. The number of fused-ring (bicyclic) bond motifs is 1. The predicted octanol–water partition coefficient (Wildman–Crippen LogP) is 2.33. The Morgan fingerprint density at radius 2 is 2.10 bits per heavy atom. The molecule has 3 rings (SSSR count). The second-order valence-electron chi connectivity index (χ2n) is 4.82. The molecule has 0 aliphatic carbocycles. The fourth-order valence-electron chi connectivity index (χ4n) is 2.32. The van der Waals surface area contributed by atoms with Gasteiger partial charge in [0.05, 0.1) is 17.7 Å². The van der Waals surface area contributed by atoms with Gasteiger partial charge >= 0.3 is 0 Å². The summed E-state index contributed by atoms with van der Waals surface area (Å²) in [5, 5.41) is 0. The van der Waals surface area contributed by atoms with Gasteiger partial charge in [0.2, 0.25) is 0 Å². The lowest BCUT2D eigenvalue weighted by Gasteiger charge is -2.11. The number of nitrogens with two attached hydrogens (primary N) is 2. The van der Waals surface area contributed by atoms with Crippen molar-refractivity contribution in [1.29, 1.82) is 0 Å². The maximum atomic E-state index is 6.06. The van der Waals surface area contributed by atoms with Gasteiger partial charge < -0.3 is 21.1 Å². The van der Waals surface area contributed by atoms with Gasteiger partial charge in [-0.2, -0.15) is 0 Å². The highest BCUT2D eigenvalue weighted by Gasteiger charge is 2.19. The van der Waals surface area contributed by atoms with Crippen molar-refractivity contribution in [2.45, 2.75) is 19.8 Å². The number of nitrogens with zero attached hydrogens (tertiary/aromatic N) is 2. The van der Waals surface area contributed by atoms with E-state index in [1.54, 1.807) is 0 Å². The Morgan fingerprint density at radius 1 is 1.33 bits per heavy atom. The van der Waals surface area contributed by atoms with Crippen molar-refractivity contribution in [1.82, 2.24) is 9.66 Å². The highest BCUT2D eigenvalue weighted by molar-refractivity contribution is 9.10. The average Bonchev–Trinajstić information content (AvgIpc) is 2.67. The quantitative estimate of drug-likeness (QED) is 0.809. The van der Waals surface area contributed by atoms with Crippen LogP contribution in [0.2, 0.25) is 0 Å². The second-order valence-corrected chi connectivity index (χ2v) is 5.68. The normalized spacial score (nSPS) is 14.0. The van der Waals surface area contributed by atoms with Crippen LogP contribution in [0.5, 0.6) is 11.5 Å². The number of nitrogen functional groups attached to an aromatic ring is 2. The van der Waals surface area contributed by atoms with Crippen LogP contribution in [0, 0.1) is 0 Å². The van der Waals surface area contributed by atoms with Crippen LogP contribution in [-0.4, -0.2) is 22.9 Å². The lowest BCUT2D eigenvalue weighted by atomic mass is 10.1. The number of aryl methyl sites for hydroxylation is 1. The molecular formula is C14H17BrN4O2. The van der Waals surface area contributed by atoms with Crippen LogP contribution in [0.25, 0.3) is 11.3 Å². The molecule has 0 unspecified atom stereocenters. The van der Waals surface area contributed by atoms with E-state index in [9.17, 15) is 0 Å². The summed E-state index contributed by atoms with van der Waals surface area (Å²) in [6.07, 6.45) is 1.57. The summed E-state index contributed by atoms with van der Waals surface area (Å²) in [5.41, 5.74) is 7.56. The monoisotopic (exact) mass is 352 g/mol. The van der Waals surface area contributed by atoms with E-state index in [4.69, 9.17) is 21.1 Å². The lowest BCUT2D eigenvalue weighted by molar-refractivity contribution is 0.296. The first kappa shape index (κ1) is 14.1. The predicted molar refractivity (Wildman–Crippen MR) is 84.9 cm³/mol. The third-order valence-corrected chi connectivity index (χ3v) is 4.00. The minimum atomic E-state index is 0.438. The number of rotatable bonds is 2. The zero-order valence-corrected chi connectivity index (χ0v) is 13.3. The SMILES string of the molecule is CCc1nc(-c2cc(Br)c3c(c2)OCCCO3)c(N)n1N. The molecule has 1 aliphatic rings. The van der Waals surface area contributed by atoms with E-state index >= 15 is 0 Å². The Morgan fingerprint density at radius 3 is 2.81 bits per heavy atom. The standard InChI is InChI=1S/C14H17BrN4O2/c1-2-11-18-12(14(16)19(11)17)8-6-9(15)13-10(7-8)20-4-3-5-21-13/h6-7H,2-5,16-17H2,1H3. The minimum absolute atomic E-state index is 0.438. The summed E-state index contributed by atoms with van der Waals surface area (Å²) in [5.74, 6) is 8.51. The van der Waals surface area contributed by atoms with Crippen LogP contribution >= 0.6 is 15.9 Å². The Kier molecular flexibility index (Phi) is 3.67. The van der Waals surface area contributed by atoms with Crippen LogP contribution in [0.15, 0.2) is 16.6 Å². The van der Waals surface area contributed by atoms with Crippen LogP contribution in [0.3, 0.4) is 0 Å². The van der Waals surface area contributed by atoms with E-state index in [0.29, 0.717) is 36.9 Å². The average molecular weight is 353 g/mol. The molecule has 4 N–H and O–H groups in total. The van der Waals surface area contributed by atoms with Crippen molar-refractivity contribution in [2.24, 2.45) is 0 Å². The molecule has 0 saturated heterocycles. The molecule has 2 heterocycles. The van der Waals surface area contributed by atoms with Gasteiger partial charge in [0, 0.05) is 18.4 Å². The summed E-state index contributed by atoms with van der Waals surface area (Å²) in [4.78, 5) is 4.51. The van der Waals surface area contributed by atoms with Crippen molar-refractivity contribution in [3.63, 3.8) is 0 Å². The number of aromatic nitrogens is 2. The first-order valence-electron chi connectivity index (χ1n) is 6.83. The molecule has 0 spiro atoms. The highest BCUT2D eigenvalue weighted by atomic mass is 79.9. The smallest absolute Gasteiger partial charge is 0.175 e. The van der Waals surface area contributed by atoms with Crippen molar-refractivity contribution in [3.8, 4) is 22.8 Å². The van der Waals surface area contributed by atoms with Crippen molar-refractivity contribution in [3.05, 3.63) is 22.4 Å². The first-order chi connectivity index (χ1) is 10.1. The zero-order valence-electron chi connectivity index (χ0n) is 11.7. The van der Waals surface area contributed by atoms with Gasteiger partial charge in [-0.25, -0.2) is 9.66 Å². The van der Waals surface area contributed by atoms with Gasteiger partial charge in [-0.05, 0) is 28.1 Å². The van der Waals surface area contributed by atoms with Crippen LogP contribution in [0.1, 0.15) is 19.2 Å². The molecule has 1 aliphatic heterocycles.